The zero-order chi connectivity index (χ0) is 28.6. The number of hydrogen-bond acceptors (Lipinski definition) is 8. The molecular weight excluding hydrogens is 492 g/mol. The van der Waals surface area contributed by atoms with Gasteiger partial charge in [-0.15, -0.1) is 0 Å². The number of nitrogens with one attached hydrogen (secondary N) is 1. The third kappa shape index (κ3) is 8.00. The summed E-state index contributed by atoms with van der Waals surface area (Å²) < 4.78 is 16.1. The Hall–Kier alpha value is -3.50. The molecule has 2 rings (SSSR count). The van der Waals surface area contributed by atoms with Crippen LogP contribution in [0.4, 0.5) is 4.79 Å². The van der Waals surface area contributed by atoms with E-state index in [0.717, 1.165) is 6.08 Å². The first kappa shape index (κ1) is 30.7. The first-order chi connectivity index (χ1) is 17.9. The van der Waals surface area contributed by atoms with Crippen molar-refractivity contribution < 1.29 is 38.5 Å². The summed E-state index contributed by atoms with van der Waals surface area (Å²) >= 11 is 0. The lowest BCUT2D eigenvalue weighted by Crippen LogP contribution is -2.36. The molecule has 1 aliphatic heterocycles. The number of carbonyl (C=O) groups is 4. The van der Waals surface area contributed by atoms with Crippen molar-refractivity contribution in [3.63, 3.8) is 0 Å². The van der Waals surface area contributed by atoms with E-state index in [4.69, 9.17) is 19.9 Å². The Morgan fingerprint density at radius 2 is 1.84 bits per heavy atom. The predicted molar refractivity (Wildman–Crippen MR) is 140 cm³/mol. The van der Waals surface area contributed by atoms with Crippen LogP contribution in [0.15, 0.2) is 58.6 Å². The Balaban J connectivity index is 2.51. The van der Waals surface area contributed by atoms with E-state index in [1.165, 1.54) is 20.3 Å². The molecule has 5 atom stereocenters. The molecule has 2 amide bonds. The van der Waals surface area contributed by atoms with E-state index in [9.17, 15) is 24.3 Å². The van der Waals surface area contributed by atoms with E-state index >= 15 is 0 Å². The molecule has 10 nitrogen and oxygen atoms in total. The molecule has 4 N–H and O–H groups in total. The van der Waals surface area contributed by atoms with E-state index in [-0.39, 0.29) is 47.3 Å². The van der Waals surface area contributed by atoms with Crippen molar-refractivity contribution in [3.8, 4) is 0 Å². The number of rotatable bonds is 3. The monoisotopic (exact) mass is 530 g/mol. The molecule has 0 aromatic heterocycles. The molecule has 0 aromatic carbocycles. The highest BCUT2D eigenvalue weighted by molar-refractivity contribution is 6.23. The summed E-state index contributed by atoms with van der Waals surface area (Å²) in [7, 11) is 2.81. The van der Waals surface area contributed by atoms with Crippen molar-refractivity contribution >= 4 is 23.6 Å². The number of amides is 2. The van der Waals surface area contributed by atoms with Gasteiger partial charge >= 0.3 is 6.09 Å². The van der Waals surface area contributed by atoms with Gasteiger partial charge in [0.05, 0.1) is 25.0 Å². The van der Waals surface area contributed by atoms with Gasteiger partial charge in [-0.1, -0.05) is 38.2 Å². The van der Waals surface area contributed by atoms with Gasteiger partial charge in [-0.05, 0) is 38.2 Å². The van der Waals surface area contributed by atoms with Crippen LogP contribution in [-0.4, -0.2) is 61.2 Å². The first-order valence-electron chi connectivity index (χ1n) is 12.5. The fourth-order valence-corrected chi connectivity index (χ4v) is 4.52. The molecule has 0 saturated carbocycles. The summed E-state index contributed by atoms with van der Waals surface area (Å²) in [4.78, 5) is 50.2. The molecule has 1 aliphatic carbocycles. The van der Waals surface area contributed by atoms with Crippen LogP contribution < -0.4 is 11.1 Å². The summed E-state index contributed by atoms with van der Waals surface area (Å²) in [5, 5.41) is 13.6. The molecule has 2 aliphatic rings. The van der Waals surface area contributed by atoms with Gasteiger partial charge in [0.1, 0.15) is 6.10 Å². The minimum Gasteiger partial charge on any atom is -0.492 e. The lowest BCUT2D eigenvalue weighted by Gasteiger charge is -2.29. The minimum atomic E-state index is -0.930. The smallest absolute Gasteiger partial charge is 0.405 e. The Morgan fingerprint density at radius 3 is 2.45 bits per heavy atom. The van der Waals surface area contributed by atoms with Crippen molar-refractivity contribution in [2.75, 3.05) is 14.2 Å². The van der Waals surface area contributed by atoms with Crippen molar-refractivity contribution in [3.05, 3.63) is 58.6 Å². The van der Waals surface area contributed by atoms with Crippen LogP contribution in [0.1, 0.15) is 47.0 Å². The summed E-state index contributed by atoms with van der Waals surface area (Å²) in [6, 6.07) is 0. The van der Waals surface area contributed by atoms with Gasteiger partial charge in [0.15, 0.2) is 5.76 Å². The molecule has 2 bridgehead atoms. The van der Waals surface area contributed by atoms with Gasteiger partial charge < -0.3 is 30.4 Å². The quantitative estimate of drug-likeness (QED) is 0.372. The van der Waals surface area contributed by atoms with Gasteiger partial charge in [-0.3, -0.25) is 14.4 Å². The fraction of sp³-hybridized carbons (Fsp3) is 0.500. The van der Waals surface area contributed by atoms with E-state index in [1.807, 2.05) is 13.8 Å². The van der Waals surface area contributed by atoms with Gasteiger partial charge in [0.2, 0.25) is 11.6 Å². The molecule has 10 heteroatoms. The molecule has 1 heterocycles. The number of aliphatic hydroxyl groups is 1. The van der Waals surface area contributed by atoms with Crippen molar-refractivity contribution in [1.82, 2.24) is 5.32 Å². The van der Waals surface area contributed by atoms with Crippen LogP contribution >= 0.6 is 0 Å². The second-order valence-electron chi connectivity index (χ2n) is 9.74. The molecule has 0 aromatic rings. The SMILES string of the molecule is COC1=C2C[C@@H](C)C[C@H](OC)[C@H](O)[C@@H](C)/C=C(\C)[C@H](OC(N)=O)C/C=C\C=C(/C)C(=O)NC(=CC1=O)C2=O. The minimum absolute atomic E-state index is 0.0668. The number of nitrogens with two attached hydrogens (primary N) is 1. The van der Waals surface area contributed by atoms with Crippen LogP contribution in [0.3, 0.4) is 0 Å². The number of allylic oxidation sites excluding steroid dienone is 4. The topological polar surface area (TPSA) is 154 Å². The van der Waals surface area contributed by atoms with Crippen molar-refractivity contribution in [2.24, 2.45) is 17.6 Å². The standard InChI is InChI=1S/C28H38N2O8/c1-15-11-19-25(33)20(14-21(31)26(19)37-6)30-27(34)16(2)9-7-8-10-22(38-28(29)35)17(3)13-18(4)24(32)23(12-15)36-5/h7-9,13-15,18,22-24,32H,10-12H2,1-6H3,(H2,29,35)(H,30,34)/b8-7-,16-9+,17-13+/t15-,18+,22-,23+,24-/m1/s1. The van der Waals surface area contributed by atoms with Crippen LogP contribution in [-0.2, 0) is 28.6 Å². The number of ketones is 2. The van der Waals surface area contributed by atoms with Gasteiger partial charge in [-0.2, -0.15) is 0 Å². The highest BCUT2D eigenvalue weighted by atomic mass is 16.6. The average molecular weight is 531 g/mol. The second kappa shape index (κ2) is 13.9. The zero-order valence-corrected chi connectivity index (χ0v) is 22.8. The lowest BCUT2D eigenvalue weighted by molar-refractivity contribution is -0.120. The second-order valence-corrected chi connectivity index (χ2v) is 9.74. The van der Waals surface area contributed by atoms with E-state index in [2.05, 4.69) is 5.32 Å². The Kier molecular flexibility index (Phi) is 11.2. The number of methoxy groups -OCH3 is 2. The number of carbonyl (C=O) groups excluding carboxylic acids is 4. The van der Waals surface area contributed by atoms with E-state index in [1.54, 1.807) is 32.1 Å². The third-order valence-corrected chi connectivity index (χ3v) is 6.64. The van der Waals surface area contributed by atoms with Gasteiger partial charge in [0, 0.05) is 36.7 Å². The van der Waals surface area contributed by atoms with Crippen LogP contribution in [0.5, 0.6) is 0 Å². The van der Waals surface area contributed by atoms with Gasteiger partial charge in [0.25, 0.3) is 5.91 Å². The Labute approximate surface area is 223 Å². The molecule has 208 valence electrons. The fourth-order valence-electron chi connectivity index (χ4n) is 4.52. The largest absolute Gasteiger partial charge is 0.492 e. The van der Waals surface area contributed by atoms with Gasteiger partial charge in [-0.25, -0.2) is 4.79 Å². The Morgan fingerprint density at radius 1 is 1.16 bits per heavy atom. The first-order valence-corrected chi connectivity index (χ1v) is 12.5. The number of fused-ring (bicyclic) bond motifs is 2. The summed E-state index contributed by atoms with van der Waals surface area (Å²) in [6.45, 7) is 7.03. The molecule has 0 spiro atoms. The normalized spacial score (nSPS) is 31.8. The highest BCUT2D eigenvalue weighted by Gasteiger charge is 2.33. The van der Waals surface area contributed by atoms with E-state index < -0.39 is 41.9 Å². The number of aliphatic hydroxyl groups excluding tert-OH is 1. The number of Topliss-reactive ketones (excluding diaryl/α,β-unsaturated/α-hetero) is 1. The van der Waals surface area contributed by atoms with Crippen molar-refractivity contribution in [2.45, 2.75) is 65.3 Å². The maximum absolute atomic E-state index is 13.3. The lowest BCUT2D eigenvalue weighted by atomic mass is 9.85. The zero-order valence-electron chi connectivity index (χ0n) is 22.8. The van der Waals surface area contributed by atoms with E-state index in [0.29, 0.717) is 12.0 Å². The summed E-state index contributed by atoms with van der Waals surface area (Å²) in [6.07, 6.45) is 5.42. The maximum atomic E-state index is 13.3. The number of primary amides is 1. The van der Waals surface area contributed by atoms with Crippen LogP contribution in [0, 0.1) is 11.8 Å². The molecule has 0 unspecified atom stereocenters. The molecular formula is C28H38N2O8. The predicted octanol–water partition coefficient (Wildman–Crippen LogP) is 2.78. The van der Waals surface area contributed by atoms with Crippen LogP contribution in [0.2, 0.25) is 0 Å². The summed E-state index contributed by atoms with van der Waals surface area (Å²) in [5.74, 6) is -2.21. The third-order valence-electron chi connectivity index (χ3n) is 6.64. The summed E-state index contributed by atoms with van der Waals surface area (Å²) in [5.41, 5.74) is 6.26. The molecule has 0 radical (unpaired) electrons. The molecule has 0 fully saturated rings. The number of hydrogen-bond donors (Lipinski definition) is 3. The number of ether oxygens (including phenoxy) is 3. The van der Waals surface area contributed by atoms with Crippen molar-refractivity contribution in [1.29, 1.82) is 0 Å². The van der Waals surface area contributed by atoms with Crippen LogP contribution in [0.25, 0.3) is 0 Å². The maximum Gasteiger partial charge on any atom is 0.405 e. The average Bonchev–Trinajstić information content (AvgIpc) is 2.85. The highest BCUT2D eigenvalue weighted by Crippen LogP contribution is 2.29. The molecule has 38 heavy (non-hydrogen) atoms. The molecule has 0 saturated heterocycles. The Bertz CT molecular complexity index is 1100.